The zero-order valence-corrected chi connectivity index (χ0v) is 22.9. The molecule has 1 spiro atoms. The number of esters is 1. The minimum Gasteiger partial charge on any atom is -0.465 e. The van der Waals surface area contributed by atoms with E-state index in [4.69, 9.17) is 21.1 Å². The highest BCUT2D eigenvalue weighted by Gasteiger charge is 2.79. The average molecular weight is 545 g/mol. The molecule has 0 aromatic heterocycles. The number of hydrogen-bond acceptors (Lipinski definition) is 6. The molecule has 4 rings (SSSR count). The van der Waals surface area contributed by atoms with Crippen LogP contribution >= 0.6 is 11.6 Å². The normalized spacial score (nSPS) is 30.2. The van der Waals surface area contributed by atoms with Gasteiger partial charge in [0.25, 0.3) is 5.91 Å². The number of amides is 2. The molecule has 3 heterocycles. The van der Waals surface area contributed by atoms with Crippen molar-refractivity contribution in [2.75, 3.05) is 24.7 Å². The van der Waals surface area contributed by atoms with Crippen LogP contribution in [0.5, 0.6) is 0 Å². The van der Waals surface area contributed by atoms with Gasteiger partial charge in [-0.05, 0) is 63.3 Å². The summed E-state index contributed by atoms with van der Waals surface area (Å²) < 4.78 is 12.4. The quantitative estimate of drug-likeness (QED) is 0.243. The fourth-order valence-electron chi connectivity index (χ4n) is 6.57. The van der Waals surface area contributed by atoms with E-state index in [-0.39, 0.29) is 31.6 Å². The van der Waals surface area contributed by atoms with E-state index in [2.05, 4.69) is 13.2 Å². The minimum absolute atomic E-state index is 0.195. The molecule has 2 unspecified atom stereocenters. The van der Waals surface area contributed by atoms with Gasteiger partial charge in [0, 0.05) is 17.3 Å². The zero-order valence-electron chi connectivity index (χ0n) is 22.1. The number of fused-ring (bicyclic) bond motifs is 1. The van der Waals surface area contributed by atoms with E-state index in [1.165, 1.54) is 4.90 Å². The number of anilines is 1. The van der Waals surface area contributed by atoms with E-state index >= 15 is 0 Å². The molecule has 1 aromatic carbocycles. The SMILES string of the molecule is C=CCCCOC(=O)[C@@H]1[C@H]2C(=O)N([C@H](C)CO)C(C(=O)N(CC=C)c3ccc(Cl)cc3)C23CC[C@@]1(CC)O3. The lowest BCUT2D eigenvalue weighted by molar-refractivity contribution is -0.162. The molecule has 38 heavy (non-hydrogen) atoms. The van der Waals surface area contributed by atoms with Crippen LogP contribution < -0.4 is 4.90 Å². The highest BCUT2D eigenvalue weighted by Crippen LogP contribution is 2.64. The van der Waals surface area contributed by atoms with Gasteiger partial charge in [0.1, 0.15) is 17.6 Å². The van der Waals surface area contributed by atoms with Crippen molar-refractivity contribution in [1.29, 1.82) is 0 Å². The summed E-state index contributed by atoms with van der Waals surface area (Å²) in [6.45, 7) is 11.2. The Hall–Kier alpha value is -2.68. The van der Waals surface area contributed by atoms with Gasteiger partial charge in [-0.3, -0.25) is 14.4 Å². The van der Waals surface area contributed by atoms with Crippen LogP contribution in [0.2, 0.25) is 5.02 Å². The molecule has 2 amide bonds. The summed E-state index contributed by atoms with van der Waals surface area (Å²) in [4.78, 5) is 45.0. The van der Waals surface area contributed by atoms with E-state index in [9.17, 15) is 19.5 Å². The van der Waals surface area contributed by atoms with Crippen LogP contribution in [-0.4, -0.2) is 70.8 Å². The molecule has 0 aliphatic carbocycles. The second-order valence-corrected chi connectivity index (χ2v) is 10.9. The number of likely N-dealkylation sites (tertiary alicyclic amines) is 1. The summed E-state index contributed by atoms with van der Waals surface area (Å²) in [6.07, 6.45) is 6.22. The summed E-state index contributed by atoms with van der Waals surface area (Å²) in [5.41, 5.74) is -1.49. The Balaban J connectivity index is 1.77. The third-order valence-electron chi connectivity index (χ3n) is 8.36. The van der Waals surface area contributed by atoms with Crippen molar-refractivity contribution in [3.8, 4) is 0 Å². The Morgan fingerprint density at radius 2 is 2.00 bits per heavy atom. The number of aliphatic hydroxyl groups is 1. The van der Waals surface area contributed by atoms with E-state index < -0.39 is 41.1 Å². The summed E-state index contributed by atoms with van der Waals surface area (Å²) in [6, 6.07) is 5.18. The maximum atomic E-state index is 14.4. The molecular weight excluding hydrogens is 508 g/mol. The van der Waals surface area contributed by atoms with Crippen molar-refractivity contribution < 1.29 is 29.0 Å². The van der Waals surface area contributed by atoms with E-state index in [0.29, 0.717) is 42.8 Å². The molecule has 3 aliphatic heterocycles. The lowest BCUT2D eigenvalue weighted by Gasteiger charge is -2.38. The highest BCUT2D eigenvalue weighted by atomic mass is 35.5. The Bertz CT molecular complexity index is 1090. The van der Waals surface area contributed by atoms with Gasteiger partial charge in [0.15, 0.2) is 0 Å². The van der Waals surface area contributed by atoms with Gasteiger partial charge in [-0.15, -0.1) is 13.2 Å². The smallest absolute Gasteiger partial charge is 0.312 e. The number of allylic oxidation sites excluding steroid dienone is 1. The number of hydrogen-bond donors (Lipinski definition) is 1. The molecule has 0 radical (unpaired) electrons. The first-order chi connectivity index (χ1) is 18.2. The Morgan fingerprint density at radius 1 is 1.29 bits per heavy atom. The number of benzene rings is 1. The Morgan fingerprint density at radius 3 is 2.61 bits per heavy atom. The largest absolute Gasteiger partial charge is 0.465 e. The molecule has 3 aliphatic rings. The van der Waals surface area contributed by atoms with Crippen LogP contribution in [0.15, 0.2) is 49.6 Å². The van der Waals surface area contributed by atoms with Crippen LogP contribution in [0.4, 0.5) is 5.69 Å². The molecule has 9 heteroatoms. The highest BCUT2D eigenvalue weighted by molar-refractivity contribution is 6.30. The number of carbonyl (C=O) groups is 3. The molecule has 3 saturated heterocycles. The number of nitrogens with zero attached hydrogens (tertiary/aromatic N) is 2. The van der Waals surface area contributed by atoms with Crippen LogP contribution in [-0.2, 0) is 23.9 Å². The number of carbonyl (C=O) groups excluding carboxylic acids is 3. The van der Waals surface area contributed by atoms with Gasteiger partial charge >= 0.3 is 5.97 Å². The summed E-state index contributed by atoms with van der Waals surface area (Å²) in [5.74, 6) is -2.88. The van der Waals surface area contributed by atoms with Gasteiger partial charge in [-0.1, -0.05) is 30.7 Å². The van der Waals surface area contributed by atoms with Crippen LogP contribution in [0.3, 0.4) is 0 Å². The molecule has 2 bridgehead atoms. The second kappa shape index (κ2) is 11.2. The fraction of sp³-hybridized carbons (Fsp3) is 0.552. The predicted molar refractivity (Wildman–Crippen MR) is 145 cm³/mol. The molecule has 1 N–H and O–H groups in total. The van der Waals surface area contributed by atoms with Gasteiger partial charge in [0.05, 0.1) is 30.8 Å². The van der Waals surface area contributed by atoms with Crippen molar-refractivity contribution in [2.24, 2.45) is 11.8 Å². The van der Waals surface area contributed by atoms with Gasteiger partial charge in [-0.2, -0.15) is 0 Å². The van der Waals surface area contributed by atoms with Gasteiger partial charge in [0.2, 0.25) is 5.91 Å². The first kappa shape index (κ1) is 28.3. The average Bonchev–Trinajstić information content (AvgIpc) is 3.53. The van der Waals surface area contributed by atoms with Gasteiger partial charge < -0.3 is 24.4 Å². The number of aliphatic hydroxyl groups excluding tert-OH is 1. The molecule has 1 aromatic rings. The van der Waals surface area contributed by atoms with E-state index in [0.717, 1.165) is 0 Å². The van der Waals surface area contributed by atoms with Crippen molar-refractivity contribution >= 4 is 35.1 Å². The van der Waals surface area contributed by atoms with E-state index in [1.807, 2.05) is 6.92 Å². The van der Waals surface area contributed by atoms with Crippen molar-refractivity contribution in [2.45, 2.75) is 69.2 Å². The lowest BCUT2D eigenvalue weighted by Crippen LogP contribution is -2.58. The first-order valence-corrected chi connectivity index (χ1v) is 13.7. The molecule has 3 fully saturated rings. The minimum atomic E-state index is -1.20. The topological polar surface area (TPSA) is 96.4 Å². The summed E-state index contributed by atoms with van der Waals surface area (Å²) in [5, 5.41) is 10.6. The maximum absolute atomic E-state index is 14.4. The molecule has 8 nitrogen and oxygen atoms in total. The van der Waals surface area contributed by atoms with Crippen LogP contribution in [0.1, 0.15) is 46.0 Å². The molecular formula is C29H37ClN2O6. The van der Waals surface area contributed by atoms with E-state index in [1.54, 1.807) is 48.2 Å². The molecule has 206 valence electrons. The number of rotatable bonds is 12. The van der Waals surface area contributed by atoms with Crippen molar-refractivity contribution in [3.63, 3.8) is 0 Å². The molecule has 6 atom stereocenters. The van der Waals surface area contributed by atoms with Crippen LogP contribution in [0.25, 0.3) is 0 Å². The fourth-order valence-corrected chi connectivity index (χ4v) is 6.69. The maximum Gasteiger partial charge on any atom is 0.312 e. The summed E-state index contributed by atoms with van der Waals surface area (Å²) in [7, 11) is 0. The van der Waals surface area contributed by atoms with Crippen molar-refractivity contribution in [1.82, 2.24) is 4.90 Å². The van der Waals surface area contributed by atoms with Crippen LogP contribution in [0, 0.1) is 11.8 Å². The Labute approximate surface area is 229 Å². The van der Waals surface area contributed by atoms with Crippen molar-refractivity contribution in [3.05, 3.63) is 54.6 Å². The van der Waals surface area contributed by atoms with Gasteiger partial charge in [-0.25, -0.2) is 0 Å². The standard InChI is InChI=1S/C29H37ClN2O6/c1-5-8-9-17-37-27(36)23-22-25(34)32(19(4)18-33)24(29(22)15-14-28(23,7-3)38-29)26(35)31(16-6-2)21-12-10-20(30)11-13-21/h5-6,10-13,19,22-24,33H,1-2,7-9,14-18H2,3-4H3/t19-,22+,23+,24?,28-,29?/m1/s1. The first-order valence-electron chi connectivity index (χ1n) is 13.3. The monoisotopic (exact) mass is 544 g/mol. The number of halogens is 1. The molecule has 0 saturated carbocycles. The number of unbranched alkanes of at least 4 members (excludes halogenated alkanes) is 1. The Kier molecular flexibility index (Phi) is 8.35. The third-order valence-corrected chi connectivity index (χ3v) is 8.61. The second-order valence-electron chi connectivity index (χ2n) is 10.4. The number of ether oxygens (including phenoxy) is 2. The lowest BCUT2D eigenvalue weighted by atomic mass is 9.65. The summed E-state index contributed by atoms with van der Waals surface area (Å²) >= 11 is 6.08. The zero-order chi connectivity index (χ0) is 27.7. The third kappa shape index (κ3) is 4.46. The predicted octanol–water partition coefficient (Wildman–Crippen LogP) is 3.90.